The third-order valence-electron chi connectivity index (χ3n) is 4.77. The first-order valence-electron chi connectivity index (χ1n) is 9.07. The Balaban J connectivity index is 1.66. The maximum atomic E-state index is 12.9. The van der Waals surface area contributed by atoms with Gasteiger partial charge in [-0.3, -0.25) is 0 Å². The van der Waals surface area contributed by atoms with Crippen molar-refractivity contribution in [3.05, 3.63) is 71.3 Å². The van der Waals surface area contributed by atoms with Crippen molar-refractivity contribution in [1.29, 1.82) is 0 Å². The standard InChI is InChI=1S/C21H27N3O/c1-17-7-9-18(10-8-17)15-23-21(25)24(20-11-13-22-14-12-20)16-19-5-3-2-4-6-19/h2-10,20,22H,11-16H2,1H3,(H,23,25). The number of nitrogens with zero attached hydrogens (tertiary/aromatic N) is 1. The van der Waals surface area contributed by atoms with Gasteiger partial charge in [0.1, 0.15) is 0 Å². The van der Waals surface area contributed by atoms with Crippen molar-refractivity contribution >= 4 is 6.03 Å². The van der Waals surface area contributed by atoms with Crippen LogP contribution in [-0.4, -0.2) is 30.1 Å². The van der Waals surface area contributed by atoms with Gasteiger partial charge in [-0.2, -0.15) is 0 Å². The summed E-state index contributed by atoms with van der Waals surface area (Å²) in [6.07, 6.45) is 2.01. The molecule has 1 aliphatic rings. The summed E-state index contributed by atoms with van der Waals surface area (Å²) in [5.74, 6) is 0. The minimum Gasteiger partial charge on any atom is -0.334 e. The molecule has 2 N–H and O–H groups in total. The fraction of sp³-hybridized carbons (Fsp3) is 0.381. The van der Waals surface area contributed by atoms with Crippen LogP contribution in [0.25, 0.3) is 0 Å². The second-order valence-corrected chi connectivity index (χ2v) is 6.74. The van der Waals surface area contributed by atoms with E-state index < -0.39 is 0 Å². The van der Waals surface area contributed by atoms with Gasteiger partial charge in [0.15, 0.2) is 0 Å². The van der Waals surface area contributed by atoms with E-state index in [4.69, 9.17) is 0 Å². The lowest BCUT2D eigenvalue weighted by Crippen LogP contribution is -2.49. The van der Waals surface area contributed by atoms with Crippen molar-refractivity contribution in [3.63, 3.8) is 0 Å². The average Bonchev–Trinajstić information content (AvgIpc) is 2.67. The van der Waals surface area contributed by atoms with Gasteiger partial charge in [-0.05, 0) is 44.0 Å². The van der Waals surface area contributed by atoms with E-state index in [1.54, 1.807) is 0 Å². The van der Waals surface area contributed by atoms with Gasteiger partial charge in [0.25, 0.3) is 0 Å². The summed E-state index contributed by atoms with van der Waals surface area (Å²) in [5.41, 5.74) is 3.53. The van der Waals surface area contributed by atoms with Crippen LogP contribution < -0.4 is 10.6 Å². The molecule has 0 saturated carbocycles. The lowest BCUT2D eigenvalue weighted by atomic mass is 10.0. The highest BCUT2D eigenvalue weighted by Crippen LogP contribution is 2.16. The zero-order chi connectivity index (χ0) is 17.5. The highest BCUT2D eigenvalue weighted by molar-refractivity contribution is 5.74. The Kier molecular flexibility index (Phi) is 6.07. The quantitative estimate of drug-likeness (QED) is 0.877. The van der Waals surface area contributed by atoms with Gasteiger partial charge in [-0.15, -0.1) is 0 Å². The van der Waals surface area contributed by atoms with E-state index in [-0.39, 0.29) is 6.03 Å². The Morgan fingerprint density at radius 1 is 1.04 bits per heavy atom. The highest BCUT2D eigenvalue weighted by Gasteiger charge is 2.25. The van der Waals surface area contributed by atoms with Crippen LogP contribution in [0.5, 0.6) is 0 Å². The molecule has 4 heteroatoms. The van der Waals surface area contributed by atoms with Crippen molar-refractivity contribution in [1.82, 2.24) is 15.5 Å². The van der Waals surface area contributed by atoms with Crippen molar-refractivity contribution < 1.29 is 4.79 Å². The molecule has 0 bridgehead atoms. The minimum atomic E-state index is 0.0244. The number of amides is 2. The second kappa shape index (κ2) is 8.67. The van der Waals surface area contributed by atoms with E-state index in [2.05, 4.69) is 54.0 Å². The van der Waals surface area contributed by atoms with Gasteiger partial charge in [-0.25, -0.2) is 4.79 Å². The predicted molar refractivity (Wildman–Crippen MR) is 101 cm³/mol. The fourth-order valence-electron chi connectivity index (χ4n) is 3.25. The predicted octanol–water partition coefficient (Wildman–Crippen LogP) is 3.46. The third-order valence-corrected chi connectivity index (χ3v) is 4.77. The van der Waals surface area contributed by atoms with Crippen LogP contribution in [0.1, 0.15) is 29.5 Å². The largest absolute Gasteiger partial charge is 0.334 e. The Morgan fingerprint density at radius 2 is 1.72 bits per heavy atom. The number of benzene rings is 2. The molecule has 0 radical (unpaired) electrons. The van der Waals surface area contributed by atoms with E-state index in [1.807, 2.05) is 23.1 Å². The van der Waals surface area contributed by atoms with Gasteiger partial charge >= 0.3 is 6.03 Å². The molecule has 0 unspecified atom stereocenters. The number of hydrogen-bond donors (Lipinski definition) is 2. The van der Waals surface area contributed by atoms with Gasteiger partial charge in [-0.1, -0.05) is 60.2 Å². The molecule has 1 heterocycles. The molecule has 1 saturated heterocycles. The molecule has 2 aromatic carbocycles. The monoisotopic (exact) mass is 337 g/mol. The normalized spacial score (nSPS) is 14.9. The van der Waals surface area contributed by atoms with Crippen LogP contribution in [0.3, 0.4) is 0 Å². The lowest BCUT2D eigenvalue weighted by Gasteiger charge is -2.35. The molecule has 132 valence electrons. The number of carbonyl (C=O) groups is 1. The molecule has 0 aromatic heterocycles. The second-order valence-electron chi connectivity index (χ2n) is 6.74. The molecule has 2 aromatic rings. The van der Waals surface area contributed by atoms with E-state index >= 15 is 0 Å². The van der Waals surface area contributed by atoms with Crippen molar-refractivity contribution in [2.24, 2.45) is 0 Å². The Bertz CT molecular complexity index is 663. The summed E-state index contributed by atoms with van der Waals surface area (Å²) in [5, 5.41) is 6.48. The fourth-order valence-corrected chi connectivity index (χ4v) is 3.25. The summed E-state index contributed by atoms with van der Waals surface area (Å²) < 4.78 is 0. The van der Waals surface area contributed by atoms with Crippen LogP contribution in [0.15, 0.2) is 54.6 Å². The summed E-state index contributed by atoms with van der Waals surface area (Å²) in [6, 6.07) is 18.9. The maximum absolute atomic E-state index is 12.9. The minimum absolute atomic E-state index is 0.0244. The number of nitrogens with one attached hydrogen (secondary N) is 2. The molecular weight excluding hydrogens is 310 g/mol. The number of urea groups is 1. The van der Waals surface area contributed by atoms with Crippen LogP contribution >= 0.6 is 0 Å². The topological polar surface area (TPSA) is 44.4 Å². The van der Waals surface area contributed by atoms with Crippen molar-refractivity contribution in [2.45, 2.75) is 38.9 Å². The molecule has 0 spiro atoms. The van der Waals surface area contributed by atoms with Crippen LogP contribution in [0, 0.1) is 6.92 Å². The first-order chi connectivity index (χ1) is 12.2. The lowest BCUT2D eigenvalue weighted by molar-refractivity contribution is 0.154. The number of hydrogen-bond acceptors (Lipinski definition) is 2. The smallest absolute Gasteiger partial charge is 0.318 e. The molecule has 0 atom stereocenters. The third kappa shape index (κ3) is 5.07. The SMILES string of the molecule is Cc1ccc(CNC(=O)N(Cc2ccccc2)C2CCNCC2)cc1. The van der Waals surface area contributed by atoms with Gasteiger partial charge < -0.3 is 15.5 Å². The summed E-state index contributed by atoms with van der Waals surface area (Å²) in [4.78, 5) is 14.9. The Hall–Kier alpha value is -2.33. The van der Waals surface area contributed by atoms with Crippen molar-refractivity contribution in [3.8, 4) is 0 Å². The molecule has 2 amide bonds. The molecule has 0 aliphatic carbocycles. The summed E-state index contributed by atoms with van der Waals surface area (Å²) in [6.45, 7) is 5.24. The van der Waals surface area contributed by atoms with Crippen LogP contribution in [0.4, 0.5) is 4.79 Å². The van der Waals surface area contributed by atoms with Crippen LogP contribution in [0.2, 0.25) is 0 Å². The van der Waals surface area contributed by atoms with Gasteiger partial charge in [0.2, 0.25) is 0 Å². The van der Waals surface area contributed by atoms with E-state index in [0.29, 0.717) is 19.1 Å². The number of carbonyl (C=O) groups excluding carboxylic acids is 1. The van der Waals surface area contributed by atoms with E-state index in [9.17, 15) is 4.79 Å². The Morgan fingerprint density at radius 3 is 2.40 bits per heavy atom. The molecule has 1 aliphatic heterocycles. The maximum Gasteiger partial charge on any atom is 0.318 e. The highest BCUT2D eigenvalue weighted by atomic mass is 16.2. The van der Waals surface area contributed by atoms with Crippen molar-refractivity contribution in [2.75, 3.05) is 13.1 Å². The molecule has 25 heavy (non-hydrogen) atoms. The van der Waals surface area contributed by atoms with E-state index in [1.165, 1.54) is 11.1 Å². The average molecular weight is 337 g/mol. The zero-order valence-corrected chi connectivity index (χ0v) is 14.9. The molecule has 3 rings (SSSR count). The van der Waals surface area contributed by atoms with Crippen LogP contribution in [-0.2, 0) is 13.1 Å². The summed E-state index contributed by atoms with van der Waals surface area (Å²) in [7, 11) is 0. The molecule has 4 nitrogen and oxygen atoms in total. The van der Waals surface area contributed by atoms with Gasteiger partial charge in [0.05, 0.1) is 0 Å². The first-order valence-corrected chi connectivity index (χ1v) is 9.07. The zero-order valence-electron chi connectivity index (χ0n) is 14.9. The van der Waals surface area contributed by atoms with Gasteiger partial charge in [0, 0.05) is 19.1 Å². The molecule has 1 fully saturated rings. The number of piperidine rings is 1. The number of aryl methyl sites for hydroxylation is 1. The first kappa shape index (κ1) is 17.5. The Labute approximate surface area is 150 Å². The van der Waals surface area contributed by atoms with E-state index in [0.717, 1.165) is 31.5 Å². The number of rotatable bonds is 5. The summed E-state index contributed by atoms with van der Waals surface area (Å²) >= 11 is 0. The molecular formula is C21H27N3O.